The lowest BCUT2D eigenvalue weighted by molar-refractivity contribution is -0.117. The predicted octanol–water partition coefficient (Wildman–Crippen LogP) is 2.85. The number of rotatable bonds is 7. The van der Waals surface area contributed by atoms with E-state index in [4.69, 9.17) is 5.73 Å². The van der Waals surface area contributed by atoms with Crippen molar-refractivity contribution in [1.82, 2.24) is 10.3 Å². The summed E-state index contributed by atoms with van der Waals surface area (Å²) in [6.45, 7) is 1.95. The Kier molecular flexibility index (Phi) is 6.62. The summed E-state index contributed by atoms with van der Waals surface area (Å²) in [6.07, 6.45) is 2.46. The van der Waals surface area contributed by atoms with Crippen LogP contribution in [0.1, 0.15) is 11.4 Å². The van der Waals surface area contributed by atoms with Crippen molar-refractivity contribution < 1.29 is 9.59 Å². The van der Waals surface area contributed by atoms with Crippen LogP contribution in [-0.4, -0.2) is 35.0 Å². The van der Waals surface area contributed by atoms with E-state index in [0.717, 1.165) is 22.0 Å². The standard InChI is InChI=1S/C16H20N4O2S2/c1-10-18-14(9-24-10)11-4-3-5-12(8-11)19-15(21)13(6-7-23-2)20-16(17)22/h3-5,8-9,13H,6-7H2,1-2H3,(H,19,21)(H3,17,20,22)/t13-/m0/s1. The Morgan fingerprint density at radius 3 is 2.83 bits per heavy atom. The molecule has 1 heterocycles. The van der Waals surface area contributed by atoms with Gasteiger partial charge in [0.2, 0.25) is 5.91 Å². The number of aryl methyl sites for hydroxylation is 1. The average Bonchev–Trinajstić information content (AvgIpc) is 2.98. The van der Waals surface area contributed by atoms with Crippen molar-refractivity contribution in [2.75, 3.05) is 17.3 Å². The molecule has 2 aromatic rings. The van der Waals surface area contributed by atoms with Crippen LogP contribution in [0.2, 0.25) is 0 Å². The molecular weight excluding hydrogens is 344 g/mol. The van der Waals surface area contributed by atoms with E-state index in [9.17, 15) is 9.59 Å². The van der Waals surface area contributed by atoms with Crippen molar-refractivity contribution in [2.24, 2.45) is 5.73 Å². The van der Waals surface area contributed by atoms with E-state index in [1.165, 1.54) is 0 Å². The first-order valence-corrected chi connectivity index (χ1v) is 9.65. The summed E-state index contributed by atoms with van der Waals surface area (Å²) >= 11 is 3.18. The van der Waals surface area contributed by atoms with E-state index in [2.05, 4.69) is 15.6 Å². The summed E-state index contributed by atoms with van der Waals surface area (Å²) in [5, 5.41) is 8.28. The van der Waals surface area contributed by atoms with Gasteiger partial charge in [-0.2, -0.15) is 11.8 Å². The Labute approximate surface area is 149 Å². The van der Waals surface area contributed by atoms with Gasteiger partial charge in [0.15, 0.2) is 0 Å². The maximum atomic E-state index is 12.4. The zero-order valence-electron chi connectivity index (χ0n) is 13.5. The Morgan fingerprint density at radius 1 is 1.42 bits per heavy atom. The number of hydrogen-bond donors (Lipinski definition) is 3. The number of carbonyl (C=O) groups is 2. The van der Waals surface area contributed by atoms with Crippen molar-refractivity contribution in [3.63, 3.8) is 0 Å². The van der Waals surface area contributed by atoms with E-state index in [1.807, 2.05) is 36.8 Å². The zero-order chi connectivity index (χ0) is 17.5. The van der Waals surface area contributed by atoms with Gasteiger partial charge in [-0.25, -0.2) is 9.78 Å². The van der Waals surface area contributed by atoms with Crippen molar-refractivity contribution >= 4 is 40.7 Å². The first kappa shape index (κ1) is 18.3. The molecule has 0 unspecified atom stereocenters. The molecule has 0 fully saturated rings. The molecule has 0 radical (unpaired) electrons. The van der Waals surface area contributed by atoms with E-state index in [1.54, 1.807) is 29.2 Å². The summed E-state index contributed by atoms with van der Waals surface area (Å²) in [7, 11) is 0. The Hall–Kier alpha value is -2.06. The fourth-order valence-electron chi connectivity index (χ4n) is 2.16. The van der Waals surface area contributed by atoms with Gasteiger partial charge in [0.1, 0.15) is 6.04 Å². The number of thioether (sulfide) groups is 1. The van der Waals surface area contributed by atoms with E-state index in [-0.39, 0.29) is 5.91 Å². The van der Waals surface area contributed by atoms with Crippen LogP contribution in [-0.2, 0) is 4.79 Å². The lowest BCUT2D eigenvalue weighted by atomic mass is 10.1. The minimum atomic E-state index is -0.706. The molecule has 0 saturated carbocycles. The topological polar surface area (TPSA) is 97.1 Å². The third kappa shape index (κ3) is 5.24. The first-order chi connectivity index (χ1) is 11.5. The quantitative estimate of drug-likeness (QED) is 0.704. The zero-order valence-corrected chi connectivity index (χ0v) is 15.2. The van der Waals surface area contributed by atoms with Crippen LogP contribution in [0.15, 0.2) is 29.6 Å². The number of aromatic nitrogens is 1. The van der Waals surface area contributed by atoms with Gasteiger partial charge in [0, 0.05) is 16.6 Å². The third-order valence-corrected chi connectivity index (χ3v) is 4.71. The molecule has 24 heavy (non-hydrogen) atoms. The van der Waals surface area contributed by atoms with Crippen LogP contribution in [0, 0.1) is 6.92 Å². The number of nitrogens with zero attached hydrogens (tertiary/aromatic N) is 1. The number of thiazole rings is 1. The lowest BCUT2D eigenvalue weighted by Crippen LogP contribution is -2.46. The second-order valence-electron chi connectivity index (χ2n) is 5.16. The minimum Gasteiger partial charge on any atom is -0.352 e. The van der Waals surface area contributed by atoms with Crippen LogP contribution in [0.4, 0.5) is 10.5 Å². The highest BCUT2D eigenvalue weighted by Gasteiger charge is 2.19. The molecule has 0 aliphatic carbocycles. The number of nitrogens with two attached hydrogens (primary N) is 1. The van der Waals surface area contributed by atoms with Gasteiger partial charge < -0.3 is 16.4 Å². The predicted molar refractivity (Wildman–Crippen MR) is 100 cm³/mol. The van der Waals surface area contributed by atoms with Crippen LogP contribution < -0.4 is 16.4 Å². The molecule has 0 saturated heterocycles. The smallest absolute Gasteiger partial charge is 0.312 e. The van der Waals surface area contributed by atoms with E-state index in [0.29, 0.717) is 12.1 Å². The van der Waals surface area contributed by atoms with Gasteiger partial charge in [-0.15, -0.1) is 11.3 Å². The number of urea groups is 1. The van der Waals surface area contributed by atoms with Crippen LogP contribution in [0.25, 0.3) is 11.3 Å². The van der Waals surface area contributed by atoms with Gasteiger partial charge in [-0.05, 0) is 37.5 Å². The first-order valence-electron chi connectivity index (χ1n) is 7.38. The number of carbonyl (C=O) groups excluding carboxylic acids is 2. The average molecular weight is 364 g/mol. The van der Waals surface area contributed by atoms with Crippen molar-refractivity contribution in [1.29, 1.82) is 0 Å². The fourth-order valence-corrected chi connectivity index (χ4v) is 3.25. The monoisotopic (exact) mass is 364 g/mol. The molecule has 1 aromatic carbocycles. The molecule has 128 valence electrons. The summed E-state index contributed by atoms with van der Waals surface area (Å²) < 4.78 is 0. The van der Waals surface area contributed by atoms with E-state index < -0.39 is 12.1 Å². The molecule has 0 spiro atoms. The highest BCUT2D eigenvalue weighted by molar-refractivity contribution is 7.98. The maximum Gasteiger partial charge on any atom is 0.312 e. The van der Waals surface area contributed by atoms with Crippen LogP contribution in [0.3, 0.4) is 0 Å². The van der Waals surface area contributed by atoms with Crippen LogP contribution in [0.5, 0.6) is 0 Å². The minimum absolute atomic E-state index is 0.283. The van der Waals surface area contributed by atoms with Gasteiger partial charge in [-0.1, -0.05) is 12.1 Å². The number of amides is 3. The van der Waals surface area contributed by atoms with E-state index >= 15 is 0 Å². The second kappa shape index (κ2) is 8.70. The lowest BCUT2D eigenvalue weighted by Gasteiger charge is -2.17. The maximum absolute atomic E-state index is 12.4. The summed E-state index contributed by atoms with van der Waals surface area (Å²) in [4.78, 5) is 27.9. The Morgan fingerprint density at radius 2 is 2.21 bits per heavy atom. The molecule has 0 aliphatic rings. The highest BCUT2D eigenvalue weighted by Crippen LogP contribution is 2.24. The molecule has 1 aromatic heterocycles. The SMILES string of the molecule is CSCC[C@H](NC(N)=O)C(=O)Nc1cccc(-c2csc(C)n2)c1. The van der Waals surface area contributed by atoms with Gasteiger partial charge in [-0.3, -0.25) is 4.79 Å². The molecule has 6 nitrogen and oxygen atoms in total. The molecule has 0 aliphatic heterocycles. The molecule has 2 rings (SSSR count). The molecular formula is C16H20N4O2S2. The third-order valence-electron chi connectivity index (χ3n) is 3.29. The summed E-state index contributed by atoms with van der Waals surface area (Å²) in [5.41, 5.74) is 7.62. The van der Waals surface area contributed by atoms with Crippen molar-refractivity contribution in [3.05, 3.63) is 34.7 Å². The Balaban J connectivity index is 2.10. The van der Waals surface area contributed by atoms with Gasteiger partial charge in [0.25, 0.3) is 0 Å². The number of hydrogen-bond acceptors (Lipinski definition) is 5. The number of benzene rings is 1. The largest absolute Gasteiger partial charge is 0.352 e. The normalized spacial score (nSPS) is 11.8. The highest BCUT2D eigenvalue weighted by atomic mass is 32.2. The van der Waals surface area contributed by atoms with Crippen LogP contribution >= 0.6 is 23.1 Å². The summed E-state index contributed by atoms with van der Waals surface area (Å²) in [6, 6.07) is 6.11. The molecule has 4 N–H and O–H groups in total. The fraction of sp³-hybridized carbons (Fsp3) is 0.312. The Bertz CT molecular complexity index is 718. The second-order valence-corrected chi connectivity index (χ2v) is 7.21. The molecule has 0 bridgehead atoms. The number of nitrogens with one attached hydrogen (secondary N) is 2. The number of primary amides is 1. The van der Waals surface area contributed by atoms with Gasteiger partial charge >= 0.3 is 6.03 Å². The van der Waals surface area contributed by atoms with Crippen molar-refractivity contribution in [3.8, 4) is 11.3 Å². The molecule has 3 amide bonds. The molecule has 1 atom stereocenters. The number of anilines is 1. The van der Waals surface area contributed by atoms with Gasteiger partial charge in [0.05, 0.1) is 10.7 Å². The molecule has 8 heteroatoms. The van der Waals surface area contributed by atoms with Crippen molar-refractivity contribution in [2.45, 2.75) is 19.4 Å². The summed E-state index contributed by atoms with van der Waals surface area (Å²) in [5.74, 6) is 0.464.